The molecule has 0 spiro atoms. The first-order chi connectivity index (χ1) is 9.22. The van der Waals surface area contributed by atoms with Crippen molar-refractivity contribution in [3.63, 3.8) is 0 Å². The standard InChI is InChI=1S/C15H21FN2O2/c1-10(2)11-6-18-13(20-11)15(5,16)8-14(3,4)12-7-17-9-19-12/h6-7,9-10H,8H2,1-5H3. The summed E-state index contributed by atoms with van der Waals surface area (Å²) >= 11 is 0. The maximum atomic E-state index is 15.0. The second kappa shape index (κ2) is 5.04. The molecule has 2 rings (SSSR count). The van der Waals surface area contributed by atoms with Crippen LogP contribution in [0, 0.1) is 0 Å². The number of hydrogen-bond acceptors (Lipinski definition) is 4. The fraction of sp³-hybridized carbons (Fsp3) is 0.600. The van der Waals surface area contributed by atoms with E-state index in [0.29, 0.717) is 11.5 Å². The zero-order valence-corrected chi connectivity index (χ0v) is 12.6. The molecule has 0 saturated heterocycles. The Balaban J connectivity index is 2.21. The van der Waals surface area contributed by atoms with Crippen LogP contribution in [0.3, 0.4) is 0 Å². The highest BCUT2D eigenvalue weighted by Gasteiger charge is 2.40. The zero-order valence-electron chi connectivity index (χ0n) is 12.6. The lowest BCUT2D eigenvalue weighted by molar-refractivity contribution is 0.0954. The number of oxazole rings is 2. The van der Waals surface area contributed by atoms with Gasteiger partial charge in [0, 0.05) is 17.8 Å². The van der Waals surface area contributed by atoms with E-state index < -0.39 is 11.1 Å². The second-order valence-corrected chi connectivity index (χ2v) is 6.35. The highest BCUT2D eigenvalue weighted by molar-refractivity contribution is 5.12. The van der Waals surface area contributed by atoms with Gasteiger partial charge >= 0.3 is 0 Å². The molecule has 4 nitrogen and oxygen atoms in total. The lowest BCUT2D eigenvalue weighted by Crippen LogP contribution is -2.28. The molecule has 1 unspecified atom stereocenters. The molecule has 0 bridgehead atoms. The first-order valence-corrected chi connectivity index (χ1v) is 6.76. The van der Waals surface area contributed by atoms with Crippen molar-refractivity contribution in [1.29, 1.82) is 0 Å². The molecule has 2 aromatic rings. The van der Waals surface area contributed by atoms with Crippen LogP contribution in [0.4, 0.5) is 4.39 Å². The number of hydrogen-bond donors (Lipinski definition) is 0. The van der Waals surface area contributed by atoms with Gasteiger partial charge in [0.25, 0.3) is 0 Å². The monoisotopic (exact) mass is 280 g/mol. The average molecular weight is 280 g/mol. The van der Waals surface area contributed by atoms with E-state index in [0.717, 1.165) is 0 Å². The minimum absolute atomic E-state index is 0.119. The van der Waals surface area contributed by atoms with Gasteiger partial charge in [0.1, 0.15) is 11.5 Å². The van der Waals surface area contributed by atoms with E-state index in [-0.39, 0.29) is 18.2 Å². The van der Waals surface area contributed by atoms with Gasteiger partial charge in [0.15, 0.2) is 12.1 Å². The van der Waals surface area contributed by atoms with E-state index in [4.69, 9.17) is 8.83 Å². The summed E-state index contributed by atoms with van der Waals surface area (Å²) in [4.78, 5) is 7.98. The summed E-state index contributed by atoms with van der Waals surface area (Å²) in [5.41, 5.74) is -2.16. The average Bonchev–Trinajstić information content (AvgIpc) is 3.00. The highest BCUT2D eigenvalue weighted by Crippen LogP contribution is 2.40. The second-order valence-electron chi connectivity index (χ2n) is 6.35. The van der Waals surface area contributed by atoms with Crippen molar-refractivity contribution in [2.75, 3.05) is 0 Å². The molecule has 0 radical (unpaired) electrons. The van der Waals surface area contributed by atoms with Crippen molar-refractivity contribution in [3.8, 4) is 0 Å². The Morgan fingerprint density at radius 1 is 1.25 bits per heavy atom. The molecule has 110 valence electrons. The van der Waals surface area contributed by atoms with Gasteiger partial charge < -0.3 is 8.83 Å². The lowest BCUT2D eigenvalue weighted by atomic mass is 9.80. The predicted molar refractivity (Wildman–Crippen MR) is 73.2 cm³/mol. The summed E-state index contributed by atoms with van der Waals surface area (Å²) < 4.78 is 25.8. The third-order valence-electron chi connectivity index (χ3n) is 3.41. The maximum Gasteiger partial charge on any atom is 0.231 e. The van der Waals surface area contributed by atoms with Gasteiger partial charge in [-0.1, -0.05) is 27.7 Å². The normalized spacial score (nSPS) is 15.6. The van der Waals surface area contributed by atoms with E-state index in [2.05, 4.69) is 9.97 Å². The minimum atomic E-state index is -1.66. The van der Waals surface area contributed by atoms with Gasteiger partial charge in [-0.15, -0.1) is 0 Å². The van der Waals surface area contributed by atoms with Crippen LogP contribution in [0.5, 0.6) is 0 Å². The first kappa shape index (κ1) is 14.8. The Kier molecular flexibility index (Phi) is 3.71. The Morgan fingerprint density at radius 2 is 1.95 bits per heavy atom. The molecule has 0 saturated carbocycles. The van der Waals surface area contributed by atoms with Gasteiger partial charge in [0.2, 0.25) is 5.89 Å². The van der Waals surface area contributed by atoms with Gasteiger partial charge in [-0.3, -0.25) is 0 Å². The largest absolute Gasteiger partial charge is 0.448 e. The van der Waals surface area contributed by atoms with Crippen LogP contribution in [0.1, 0.15) is 64.4 Å². The van der Waals surface area contributed by atoms with Crippen molar-refractivity contribution in [2.24, 2.45) is 0 Å². The van der Waals surface area contributed by atoms with E-state index in [1.807, 2.05) is 27.7 Å². The Bertz CT molecular complexity index is 556. The quantitative estimate of drug-likeness (QED) is 0.817. The number of halogens is 1. The van der Waals surface area contributed by atoms with Gasteiger partial charge in [-0.05, 0) is 6.92 Å². The van der Waals surface area contributed by atoms with Crippen molar-refractivity contribution in [1.82, 2.24) is 9.97 Å². The number of rotatable bonds is 5. The van der Waals surface area contributed by atoms with Gasteiger partial charge in [-0.25, -0.2) is 14.4 Å². The zero-order chi connectivity index (χ0) is 15.0. The van der Waals surface area contributed by atoms with Crippen LogP contribution in [-0.4, -0.2) is 9.97 Å². The molecule has 0 aromatic carbocycles. The number of alkyl halides is 1. The van der Waals surface area contributed by atoms with Crippen LogP contribution in [0.25, 0.3) is 0 Å². The number of nitrogens with zero attached hydrogens (tertiary/aromatic N) is 2. The van der Waals surface area contributed by atoms with Gasteiger partial charge in [0.05, 0.1) is 12.4 Å². The summed E-state index contributed by atoms with van der Waals surface area (Å²) in [6, 6.07) is 0. The van der Waals surface area contributed by atoms with E-state index in [9.17, 15) is 4.39 Å². The summed E-state index contributed by atoms with van der Waals surface area (Å²) in [6.07, 6.45) is 4.77. The fourth-order valence-corrected chi connectivity index (χ4v) is 2.34. The number of aromatic nitrogens is 2. The Morgan fingerprint density at radius 3 is 2.45 bits per heavy atom. The SMILES string of the molecule is CC(C)c1cnc(C(C)(F)CC(C)(C)c2cnco2)o1. The Hall–Kier alpha value is -1.65. The smallest absolute Gasteiger partial charge is 0.231 e. The van der Waals surface area contributed by atoms with Crippen LogP contribution < -0.4 is 0 Å². The highest BCUT2D eigenvalue weighted by atomic mass is 19.1. The molecule has 0 aliphatic rings. The molecule has 20 heavy (non-hydrogen) atoms. The predicted octanol–water partition coefficient (Wildman–Crippen LogP) is 4.34. The fourth-order valence-electron chi connectivity index (χ4n) is 2.34. The van der Waals surface area contributed by atoms with Crippen LogP contribution in [0.15, 0.2) is 27.6 Å². The molecular weight excluding hydrogens is 259 g/mol. The van der Waals surface area contributed by atoms with Crippen LogP contribution >= 0.6 is 0 Å². The van der Waals surface area contributed by atoms with Crippen LogP contribution in [-0.2, 0) is 11.1 Å². The van der Waals surface area contributed by atoms with Crippen molar-refractivity contribution >= 4 is 0 Å². The molecule has 5 heteroatoms. The summed E-state index contributed by atoms with van der Waals surface area (Å²) in [6.45, 7) is 9.28. The molecule has 0 fully saturated rings. The molecule has 2 aromatic heterocycles. The van der Waals surface area contributed by atoms with Crippen molar-refractivity contribution in [2.45, 2.75) is 58.0 Å². The topological polar surface area (TPSA) is 52.1 Å². The molecule has 0 aliphatic heterocycles. The molecule has 1 atom stereocenters. The third-order valence-corrected chi connectivity index (χ3v) is 3.41. The molecule has 0 amide bonds. The summed E-state index contributed by atoms with van der Waals surface area (Å²) in [7, 11) is 0. The van der Waals surface area contributed by atoms with Gasteiger partial charge in [-0.2, -0.15) is 0 Å². The van der Waals surface area contributed by atoms with Crippen molar-refractivity contribution < 1.29 is 13.2 Å². The molecule has 0 N–H and O–H groups in total. The molecule has 0 aliphatic carbocycles. The summed E-state index contributed by atoms with van der Waals surface area (Å²) in [5.74, 6) is 1.65. The third kappa shape index (κ3) is 2.92. The molecular formula is C15H21FN2O2. The van der Waals surface area contributed by atoms with E-state index in [1.54, 1.807) is 12.4 Å². The van der Waals surface area contributed by atoms with E-state index >= 15 is 0 Å². The summed E-state index contributed by atoms with van der Waals surface area (Å²) in [5, 5.41) is 0. The van der Waals surface area contributed by atoms with Crippen molar-refractivity contribution in [3.05, 3.63) is 36.2 Å². The minimum Gasteiger partial charge on any atom is -0.448 e. The first-order valence-electron chi connectivity index (χ1n) is 6.76. The maximum absolute atomic E-state index is 15.0. The van der Waals surface area contributed by atoms with Crippen LogP contribution in [0.2, 0.25) is 0 Å². The molecule has 2 heterocycles. The lowest BCUT2D eigenvalue weighted by Gasteiger charge is -2.28. The Labute approximate surface area is 118 Å². The van der Waals surface area contributed by atoms with E-state index in [1.165, 1.54) is 13.3 Å².